The summed E-state index contributed by atoms with van der Waals surface area (Å²) in [5.41, 5.74) is 0.545. The molecule has 14 heavy (non-hydrogen) atoms. The topological polar surface area (TPSA) is 82.9 Å². The fourth-order valence-electron chi connectivity index (χ4n) is 0.746. The van der Waals surface area contributed by atoms with Gasteiger partial charge >= 0.3 is 5.97 Å². The van der Waals surface area contributed by atoms with E-state index in [1.54, 1.807) is 14.1 Å². The van der Waals surface area contributed by atoms with Gasteiger partial charge in [-0.2, -0.15) is 5.10 Å². The van der Waals surface area contributed by atoms with Crippen LogP contribution in [0, 0.1) is 0 Å². The van der Waals surface area contributed by atoms with Gasteiger partial charge in [-0.25, -0.2) is 4.79 Å². The lowest BCUT2D eigenvalue weighted by Crippen LogP contribution is -2.02. The average molecular weight is 197 g/mol. The van der Waals surface area contributed by atoms with Crippen LogP contribution < -0.4 is 0 Å². The lowest BCUT2D eigenvalue weighted by atomic mass is 10.4. The maximum atomic E-state index is 11.1. The highest BCUT2D eigenvalue weighted by molar-refractivity contribution is 5.92. The molecular formula is C7H11N5O2. The van der Waals surface area contributed by atoms with Gasteiger partial charge < -0.3 is 4.74 Å². The number of ether oxygens (including phenoxy) is 1. The Morgan fingerprint density at radius 1 is 1.64 bits per heavy atom. The number of hydrogen-bond donors (Lipinski definition) is 1. The Morgan fingerprint density at radius 3 is 2.93 bits per heavy atom. The second kappa shape index (κ2) is 4.35. The van der Waals surface area contributed by atoms with Crippen molar-refractivity contribution in [3.05, 3.63) is 11.9 Å². The van der Waals surface area contributed by atoms with Crippen molar-refractivity contribution in [2.24, 2.45) is 10.3 Å². The molecule has 7 heteroatoms. The normalized spacial score (nSPS) is 10.5. The maximum Gasteiger partial charge on any atom is 0.358 e. The van der Waals surface area contributed by atoms with Crippen molar-refractivity contribution in [2.45, 2.75) is 0 Å². The molecule has 0 unspecified atom stereocenters. The molecule has 0 aromatic carbocycles. The van der Waals surface area contributed by atoms with Crippen LogP contribution in [0.5, 0.6) is 0 Å². The SMILES string of the molecule is COC(=O)c1[nH]ncc1N=NN(C)C. The van der Waals surface area contributed by atoms with E-state index in [0.717, 1.165) is 0 Å². The van der Waals surface area contributed by atoms with Gasteiger partial charge in [-0.3, -0.25) is 10.1 Å². The Labute approximate surface area is 80.7 Å². The van der Waals surface area contributed by atoms with E-state index in [2.05, 4.69) is 25.3 Å². The number of nitrogens with zero attached hydrogens (tertiary/aromatic N) is 4. The van der Waals surface area contributed by atoms with Crippen molar-refractivity contribution in [1.82, 2.24) is 15.2 Å². The van der Waals surface area contributed by atoms with Gasteiger partial charge in [0.1, 0.15) is 5.69 Å². The third kappa shape index (κ3) is 2.28. The first-order valence-corrected chi connectivity index (χ1v) is 3.86. The number of esters is 1. The van der Waals surface area contributed by atoms with Crippen molar-refractivity contribution >= 4 is 11.7 Å². The standard InChI is InChI=1S/C7H11N5O2/c1-12(2)11-9-5-4-8-10-6(5)7(13)14-3/h4H,1-3H3,(H,8,10). The first-order chi connectivity index (χ1) is 6.65. The van der Waals surface area contributed by atoms with Crippen LogP contribution in [0.15, 0.2) is 16.5 Å². The van der Waals surface area contributed by atoms with Gasteiger partial charge in [0, 0.05) is 14.1 Å². The summed E-state index contributed by atoms with van der Waals surface area (Å²) < 4.78 is 4.52. The van der Waals surface area contributed by atoms with Gasteiger partial charge in [-0.15, -0.1) is 5.11 Å². The second-order valence-electron chi connectivity index (χ2n) is 2.66. The van der Waals surface area contributed by atoms with E-state index in [4.69, 9.17) is 0 Å². The number of carbonyl (C=O) groups is 1. The summed E-state index contributed by atoms with van der Waals surface area (Å²) in [7, 11) is 4.73. The lowest BCUT2D eigenvalue weighted by molar-refractivity contribution is 0.0595. The molecule has 0 aliphatic rings. The number of nitrogens with one attached hydrogen (secondary N) is 1. The molecule has 0 saturated heterocycles. The van der Waals surface area contributed by atoms with Crippen molar-refractivity contribution in [3.8, 4) is 0 Å². The van der Waals surface area contributed by atoms with E-state index in [1.807, 2.05) is 0 Å². The summed E-state index contributed by atoms with van der Waals surface area (Å²) in [5, 5.41) is 15.2. The summed E-state index contributed by atoms with van der Waals surface area (Å²) in [6.07, 6.45) is 1.40. The van der Waals surface area contributed by atoms with Crippen LogP contribution in [-0.4, -0.2) is 42.4 Å². The van der Waals surface area contributed by atoms with Crippen LogP contribution >= 0.6 is 0 Å². The Kier molecular flexibility index (Phi) is 3.16. The number of aromatic nitrogens is 2. The van der Waals surface area contributed by atoms with Gasteiger partial charge in [0.15, 0.2) is 5.69 Å². The molecule has 0 atom stereocenters. The molecule has 1 aromatic heterocycles. The molecule has 0 saturated carbocycles. The third-order valence-electron chi connectivity index (χ3n) is 1.34. The third-order valence-corrected chi connectivity index (χ3v) is 1.34. The van der Waals surface area contributed by atoms with Crippen molar-refractivity contribution in [1.29, 1.82) is 0 Å². The molecule has 7 nitrogen and oxygen atoms in total. The number of rotatable bonds is 3. The molecule has 0 radical (unpaired) electrons. The molecule has 0 aliphatic carbocycles. The number of carbonyl (C=O) groups excluding carboxylic acids is 1. The molecule has 1 aromatic rings. The molecule has 0 fully saturated rings. The van der Waals surface area contributed by atoms with Gasteiger partial charge in [0.05, 0.1) is 13.3 Å². The van der Waals surface area contributed by atoms with Crippen molar-refractivity contribution in [3.63, 3.8) is 0 Å². The maximum absolute atomic E-state index is 11.1. The van der Waals surface area contributed by atoms with Gasteiger partial charge in [0.2, 0.25) is 0 Å². The predicted octanol–water partition coefficient (Wildman–Crippen LogP) is 0.757. The summed E-state index contributed by atoms with van der Waals surface area (Å²) in [6, 6.07) is 0. The molecule has 0 amide bonds. The van der Waals surface area contributed by atoms with E-state index >= 15 is 0 Å². The minimum Gasteiger partial charge on any atom is -0.464 e. The second-order valence-corrected chi connectivity index (χ2v) is 2.66. The molecule has 0 spiro atoms. The molecule has 1 heterocycles. The average Bonchev–Trinajstić information content (AvgIpc) is 2.61. The Balaban J connectivity index is 2.88. The van der Waals surface area contributed by atoms with Crippen LogP contribution in [0.4, 0.5) is 5.69 Å². The van der Waals surface area contributed by atoms with E-state index in [-0.39, 0.29) is 5.69 Å². The summed E-state index contributed by atoms with van der Waals surface area (Å²) in [5.74, 6) is -0.518. The van der Waals surface area contributed by atoms with Gasteiger partial charge in [0.25, 0.3) is 0 Å². The van der Waals surface area contributed by atoms with Crippen molar-refractivity contribution in [2.75, 3.05) is 21.2 Å². The first-order valence-electron chi connectivity index (χ1n) is 3.86. The quantitative estimate of drug-likeness (QED) is 0.440. The van der Waals surface area contributed by atoms with Crippen LogP contribution in [0.25, 0.3) is 0 Å². The monoisotopic (exact) mass is 197 g/mol. The van der Waals surface area contributed by atoms with Crippen LogP contribution in [0.3, 0.4) is 0 Å². The fraction of sp³-hybridized carbons (Fsp3) is 0.429. The van der Waals surface area contributed by atoms with Gasteiger partial charge in [-0.05, 0) is 0 Å². The van der Waals surface area contributed by atoms with E-state index < -0.39 is 5.97 Å². The summed E-state index contributed by atoms with van der Waals surface area (Å²) in [4.78, 5) is 11.1. The Morgan fingerprint density at radius 2 is 2.36 bits per heavy atom. The minimum absolute atomic E-state index is 0.193. The number of aromatic amines is 1. The van der Waals surface area contributed by atoms with E-state index in [0.29, 0.717) is 5.69 Å². The van der Waals surface area contributed by atoms with E-state index in [1.165, 1.54) is 18.3 Å². The lowest BCUT2D eigenvalue weighted by Gasteiger charge is -2.00. The minimum atomic E-state index is -0.518. The van der Waals surface area contributed by atoms with Crippen LogP contribution in [0.2, 0.25) is 0 Å². The van der Waals surface area contributed by atoms with Crippen LogP contribution in [0.1, 0.15) is 10.5 Å². The molecule has 0 aliphatic heterocycles. The highest BCUT2D eigenvalue weighted by atomic mass is 16.5. The molecular weight excluding hydrogens is 186 g/mol. The highest BCUT2D eigenvalue weighted by Gasteiger charge is 2.13. The smallest absolute Gasteiger partial charge is 0.358 e. The Hall–Kier alpha value is -1.92. The Bertz CT molecular complexity index is 344. The van der Waals surface area contributed by atoms with Crippen molar-refractivity contribution < 1.29 is 9.53 Å². The van der Waals surface area contributed by atoms with Crippen LogP contribution in [-0.2, 0) is 4.74 Å². The first kappa shape index (κ1) is 10.2. The summed E-state index contributed by atoms with van der Waals surface area (Å²) in [6.45, 7) is 0. The zero-order valence-electron chi connectivity index (χ0n) is 8.18. The predicted molar refractivity (Wildman–Crippen MR) is 48.1 cm³/mol. The molecule has 76 valence electrons. The highest BCUT2D eigenvalue weighted by Crippen LogP contribution is 2.16. The zero-order chi connectivity index (χ0) is 10.6. The molecule has 0 bridgehead atoms. The number of H-pyrrole nitrogens is 1. The largest absolute Gasteiger partial charge is 0.464 e. The molecule has 1 rings (SSSR count). The number of hydrogen-bond acceptors (Lipinski definition) is 5. The fourth-order valence-corrected chi connectivity index (χ4v) is 0.746. The summed E-state index contributed by atoms with van der Waals surface area (Å²) >= 11 is 0. The molecule has 1 N–H and O–H groups in total. The number of methoxy groups -OCH3 is 1. The zero-order valence-corrected chi connectivity index (χ0v) is 8.18. The van der Waals surface area contributed by atoms with Gasteiger partial charge in [-0.1, -0.05) is 5.22 Å². The van der Waals surface area contributed by atoms with E-state index in [9.17, 15) is 4.79 Å².